The van der Waals surface area contributed by atoms with Gasteiger partial charge in [0.05, 0.1) is 0 Å². The third-order valence-electron chi connectivity index (χ3n) is 2.92. The van der Waals surface area contributed by atoms with E-state index in [2.05, 4.69) is 44.0 Å². The first kappa shape index (κ1) is 9.91. The van der Waals surface area contributed by atoms with Crippen LogP contribution in [-0.2, 0) is 0 Å². The fraction of sp³-hybridized carbons (Fsp3) is 0.214. The van der Waals surface area contributed by atoms with Crippen LogP contribution in [0.4, 0.5) is 0 Å². The maximum atomic E-state index is 4.14. The molecule has 0 aliphatic carbocycles. The SMILES string of the molecule is Cc1cc(-c2cccnc2)cc(C)c1C. The third kappa shape index (κ3) is 1.91. The highest BCUT2D eigenvalue weighted by molar-refractivity contribution is 5.65. The summed E-state index contributed by atoms with van der Waals surface area (Å²) in [5.41, 5.74) is 6.50. The first-order valence-electron chi connectivity index (χ1n) is 5.17. The van der Waals surface area contributed by atoms with Gasteiger partial charge in [0.2, 0.25) is 0 Å². The topological polar surface area (TPSA) is 12.9 Å². The van der Waals surface area contributed by atoms with E-state index >= 15 is 0 Å². The van der Waals surface area contributed by atoms with Crippen LogP contribution in [0.2, 0.25) is 0 Å². The predicted octanol–water partition coefficient (Wildman–Crippen LogP) is 3.67. The van der Waals surface area contributed by atoms with Gasteiger partial charge in [-0.2, -0.15) is 0 Å². The molecule has 0 N–H and O–H groups in total. The van der Waals surface area contributed by atoms with E-state index in [4.69, 9.17) is 0 Å². The number of pyridine rings is 1. The van der Waals surface area contributed by atoms with Crippen molar-refractivity contribution in [3.05, 3.63) is 53.3 Å². The van der Waals surface area contributed by atoms with Gasteiger partial charge in [-0.25, -0.2) is 0 Å². The number of aryl methyl sites for hydroxylation is 2. The summed E-state index contributed by atoms with van der Waals surface area (Å²) in [6.45, 7) is 6.47. The molecule has 0 fully saturated rings. The molecule has 76 valence electrons. The van der Waals surface area contributed by atoms with Crippen molar-refractivity contribution in [1.29, 1.82) is 0 Å². The molecule has 1 heterocycles. The molecule has 1 aromatic carbocycles. The Bertz CT molecular complexity index is 449. The number of aromatic nitrogens is 1. The van der Waals surface area contributed by atoms with Crippen LogP contribution in [0.3, 0.4) is 0 Å². The van der Waals surface area contributed by atoms with Crippen LogP contribution in [0.1, 0.15) is 16.7 Å². The summed E-state index contributed by atoms with van der Waals surface area (Å²) in [7, 11) is 0. The average Bonchev–Trinajstić information content (AvgIpc) is 2.26. The second-order valence-corrected chi connectivity index (χ2v) is 3.98. The predicted molar refractivity (Wildman–Crippen MR) is 63.9 cm³/mol. The van der Waals surface area contributed by atoms with Crippen LogP contribution < -0.4 is 0 Å². The maximum Gasteiger partial charge on any atom is 0.0346 e. The fourth-order valence-corrected chi connectivity index (χ4v) is 1.74. The van der Waals surface area contributed by atoms with Crippen LogP contribution in [0.5, 0.6) is 0 Å². The number of hydrogen-bond acceptors (Lipinski definition) is 1. The Kier molecular flexibility index (Phi) is 2.55. The second-order valence-electron chi connectivity index (χ2n) is 3.98. The van der Waals surface area contributed by atoms with Gasteiger partial charge in [-0.1, -0.05) is 18.2 Å². The van der Waals surface area contributed by atoms with Gasteiger partial charge in [-0.15, -0.1) is 0 Å². The van der Waals surface area contributed by atoms with Crippen molar-refractivity contribution < 1.29 is 0 Å². The van der Waals surface area contributed by atoms with Crippen molar-refractivity contribution in [1.82, 2.24) is 4.98 Å². The van der Waals surface area contributed by atoms with Gasteiger partial charge in [-0.05, 0) is 49.1 Å². The number of hydrogen-bond donors (Lipinski definition) is 0. The molecule has 0 aliphatic rings. The Balaban J connectivity index is 2.56. The summed E-state index contributed by atoms with van der Waals surface area (Å²) < 4.78 is 0. The van der Waals surface area contributed by atoms with E-state index in [-0.39, 0.29) is 0 Å². The molecule has 0 spiro atoms. The molecule has 0 saturated carbocycles. The molecule has 1 heteroatoms. The lowest BCUT2D eigenvalue weighted by atomic mass is 9.97. The van der Waals surface area contributed by atoms with Crippen molar-refractivity contribution in [2.75, 3.05) is 0 Å². The highest BCUT2D eigenvalue weighted by Gasteiger charge is 2.02. The zero-order valence-corrected chi connectivity index (χ0v) is 9.41. The molecule has 0 unspecified atom stereocenters. The molecule has 2 aromatic rings. The summed E-state index contributed by atoms with van der Waals surface area (Å²) in [5, 5.41) is 0. The van der Waals surface area contributed by atoms with Gasteiger partial charge in [0.1, 0.15) is 0 Å². The molecule has 0 amide bonds. The van der Waals surface area contributed by atoms with Crippen LogP contribution in [0, 0.1) is 20.8 Å². The standard InChI is InChI=1S/C14H15N/c1-10-7-14(8-11(2)12(10)3)13-5-4-6-15-9-13/h4-9H,1-3H3. The van der Waals surface area contributed by atoms with E-state index in [1.54, 1.807) is 6.20 Å². The smallest absolute Gasteiger partial charge is 0.0346 e. The Morgan fingerprint density at radius 1 is 0.933 bits per heavy atom. The van der Waals surface area contributed by atoms with Crippen LogP contribution >= 0.6 is 0 Å². The van der Waals surface area contributed by atoms with Gasteiger partial charge in [0.15, 0.2) is 0 Å². The molecule has 0 saturated heterocycles. The summed E-state index contributed by atoms with van der Waals surface area (Å²) in [4.78, 5) is 4.14. The highest BCUT2D eigenvalue weighted by Crippen LogP contribution is 2.23. The molecule has 0 radical (unpaired) electrons. The molecule has 1 aromatic heterocycles. The molecular weight excluding hydrogens is 182 g/mol. The van der Waals surface area contributed by atoms with E-state index in [9.17, 15) is 0 Å². The second kappa shape index (κ2) is 3.85. The van der Waals surface area contributed by atoms with Gasteiger partial charge < -0.3 is 0 Å². The van der Waals surface area contributed by atoms with E-state index in [0.29, 0.717) is 0 Å². The van der Waals surface area contributed by atoms with Gasteiger partial charge in [0, 0.05) is 18.0 Å². The lowest BCUT2D eigenvalue weighted by Crippen LogP contribution is -1.88. The Morgan fingerprint density at radius 2 is 1.60 bits per heavy atom. The van der Waals surface area contributed by atoms with Crippen molar-refractivity contribution in [2.45, 2.75) is 20.8 Å². The Labute approximate surface area is 90.8 Å². The summed E-state index contributed by atoms with van der Waals surface area (Å²) in [6, 6.07) is 8.51. The number of benzene rings is 1. The maximum absolute atomic E-state index is 4.14. The zero-order valence-electron chi connectivity index (χ0n) is 9.41. The highest BCUT2D eigenvalue weighted by atomic mass is 14.6. The molecule has 0 atom stereocenters. The molecule has 1 nitrogen and oxygen atoms in total. The van der Waals surface area contributed by atoms with Crippen LogP contribution in [0.25, 0.3) is 11.1 Å². The molecular formula is C14H15N. The molecule has 0 aliphatic heterocycles. The average molecular weight is 197 g/mol. The van der Waals surface area contributed by atoms with Crippen molar-refractivity contribution in [3.8, 4) is 11.1 Å². The quantitative estimate of drug-likeness (QED) is 0.679. The largest absolute Gasteiger partial charge is 0.264 e. The van der Waals surface area contributed by atoms with Gasteiger partial charge in [-0.3, -0.25) is 4.98 Å². The molecule has 2 rings (SSSR count). The number of nitrogens with zero attached hydrogens (tertiary/aromatic N) is 1. The van der Waals surface area contributed by atoms with Crippen molar-refractivity contribution in [3.63, 3.8) is 0 Å². The van der Waals surface area contributed by atoms with Crippen molar-refractivity contribution >= 4 is 0 Å². The lowest BCUT2D eigenvalue weighted by molar-refractivity contribution is 1.26. The normalized spacial score (nSPS) is 10.3. The minimum Gasteiger partial charge on any atom is -0.264 e. The zero-order chi connectivity index (χ0) is 10.8. The minimum atomic E-state index is 1.18. The van der Waals surface area contributed by atoms with Crippen LogP contribution in [0.15, 0.2) is 36.7 Å². The van der Waals surface area contributed by atoms with Crippen molar-refractivity contribution in [2.24, 2.45) is 0 Å². The van der Waals surface area contributed by atoms with E-state index in [1.807, 2.05) is 12.3 Å². The first-order chi connectivity index (χ1) is 7.18. The lowest BCUT2D eigenvalue weighted by Gasteiger charge is -2.08. The van der Waals surface area contributed by atoms with E-state index in [0.717, 1.165) is 0 Å². The third-order valence-corrected chi connectivity index (χ3v) is 2.92. The summed E-state index contributed by atoms with van der Waals surface area (Å²) in [6.07, 6.45) is 3.71. The minimum absolute atomic E-state index is 1.18. The van der Waals surface area contributed by atoms with E-state index in [1.165, 1.54) is 27.8 Å². The van der Waals surface area contributed by atoms with Crippen LogP contribution in [-0.4, -0.2) is 4.98 Å². The number of rotatable bonds is 1. The summed E-state index contributed by atoms with van der Waals surface area (Å²) >= 11 is 0. The molecule has 15 heavy (non-hydrogen) atoms. The van der Waals surface area contributed by atoms with E-state index < -0.39 is 0 Å². The fourth-order valence-electron chi connectivity index (χ4n) is 1.74. The first-order valence-corrected chi connectivity index (χ1v) is 5.17. The Morgan fingerprint density at radius 3 is 2.13 bits per heavy atom. The Hall–Kier alpha value is -1.63. The molecule has 0 bridgehead atoms. The van der Waals surface area contributed by atoms with Gasteiger partial charge in [0.25, 0.3) is 0 Å². The monoisotopic (exact) mass is 197 g/mol. The van der Waals surface area contributed by atoms with Gasteiger partial charge >= 0.3 is 0 Å². The summed E-state index contributed by atoms with van der Waals surface area (Å²) in [5.74, 6) is 0.